The van der Waals surface area contributed by atoms with Crippen molar-refractivity contribution in [2.24, 2.45) is 34.5 Å². The van der Waals surface area contributed by atoms with Gasteiger partial charge in [0.15, 0.2) is 17.2 Å². The third-order valence-electron chi connectivity index (χ3n) is 22.1. The Balaban J connectivity index is 1.03. The number of ether oxygens (including phenoxy) is 13. The van der Waals surface area contributed by atoms with Crippen molar-refractivity contribution in [3.8, 4) is 0 Å². The topological polar surface area (TPSA) is 458 Å². The van der Waals surface area contributed by atoms with Gasteiger partial charge >= 0.3 is 30.0 Å². The van der Waals surface area contributed by atoms with Crippen molar-refractivity contribution in [3.05, 3.63) is 71.8 Å². The van der Waals surface area contributed by atoms with Crippen molar-refractivity contribution < 1.29 is 134 Å². The van der Waals surface area contributed by atoms with Crippen molar-refractivity contribution in [2.45, 2.75) is 224 Å². The third-order valence-corrected chi connectivity index (χ3v) is 22.1. The molecule has 656 valence electrons. The highest BCUT2D eigenvalue weighted by molar-refractivity contribution is 5.93. The van der Waals surface area contributed by atoms with E-state index in [9.17, 15) is 63.3 Å². The molecule has 1 heterocycles. The molecule has 1 saturated heterocycles. The van der Waals surface area contributed by atoms with Gasteiger partial charge in [0.25, 0.3) is 0 Å². The minimum absolute atomic E-state index is 0.00519. The zero-order valence-electron chi connectivity index (χ0n) is 69.8. The van der Waals surface area contributed by atoms with E-state index in [1.165, 1.54) is 38.1 Å². The van der Waals surface area contributed by atoms with Gasteiger partial charge in [-0.15, -0.1) is 0 Å². The summed E-state index contributed by atoms with van der Waals surface area (Å²) in [6.07, 6.45) is -8.29. The van der Waals surface area contributed by atoms with E-state index in [0.29, 0.717) is 104 Å². The lowest BCUT2D eigenvalue weighted by Gasteiger charge is -2.68. The Bertz CT molecular complexity index is 3550. The van der Waals surface area contributed by atoms with Crippen LogP contribution in [0.3, 0.4) is 0 Å². The summed E-state index contributed by atoms with van der Waals surface area (Å²) in [6, 6.07) is 12.3. The Kier molecular flexibility index (Phi) is 39.7. The highest BCUT2D eigenvalue weighted by atomic mass is 16.6. The highest BCUT2D eigenvalue weighted by Gasteiger charge is 2.79. The van der Waals surface area contributed by atoms with Gasteiger partial charge in [0.2, 0.25) is 35.6 Å². The number of unbranched alkanes of at least 4 members (excludes halogenated alkanes) is 3. The summed E-state index contributed by atoms with van der Waals surface area (Å²) in [7, 11) is 3.15. The average molecular weight is 1660 g/mol. The summed E-state index contributed by atoms with van der Waals surface area (Å²) in [4.78, 5) is 165. The molecule has 2 aromatic rings. The number of rotatable bonds is 51. The van der Waals surface area contributed by atoms with Gasteiger partial charge in [-0.3, -0.25) is 38.4 Å². The zero-order chi connectivity index (χ0) is 86.1. The third kappa shape index (κ3) is 28.5. The maximum Gasteiger partial charge on any atom is 0.408 e. The molecule has 9 N–H and O–H groups in total. The van der Waals surface area contributed by atoms with Crippen molar-refractivity contribution in [2.75, 3.05) is 120 Å². The number of carbonyl (C=O) groups is 12. The van der Waals surface area contributed by atoms with E-state index in [0.717, 1.165) is 6.92 Å². The van der Waals surface area contributed by atoms with Crippen LogP contribution in [0.4, 0.5) is 4.79 Å². The predicted molar refractivity (Wildman–Crippen MR) is 419 cm³/mol. The molecule has 4 aliphatic rings. The normalized spacial score (nSPS) is 24.4. The van der Waals surface area contributed by atoms with Gasteiger partial charge in [0, 0.05) is 83.7 Å². The zero-order valence-corrected chi connectivity index (χ0v) is 69.8. The maximum atomic E-state index is 15.5. The fourth-order valence-corrected chi connectivity index (χ4v) is 15.7. The number of ketones is 2. The molecule has 3 aliphatic carbocycles. The first-order valence-corrected chi connectivity index (χ1v) is 40.5. The fraction of sp³-hybridized carbons (Fsp3) is 0.711. The lowest BCUT2D eigenvalue weighted by Crippen LogP contribution is -2.83. The smallest absolute Gasteiger partial charge is 0.408 e. The second-order valence-corrected chi connectivity index (χ2v) is 32.1. The summed E-state index contributed by atoms with van der Waals surface area (Å²) in [6.45, 7) is 17.2. The molecule has 2 bridgehead atoms. The summed E-state index contributed by atoms with van der Waals surface area (Å²) >= 11 is 0. The average Bonchev–Trinajstić information content (AvgIpc) is 0.669. The quantitative estimate of drug-likeness (QED) is 0.0257. The molecule has 4 fully saturated rings. The van der Waals surface area contributed by atoms with E-state index in [2.05, 4.69) is 31.9 Å². The molecular weight excluding hydrogens is 1530 g/mol. The van der Waals surface area contributed by atoms with Crippen LogP contribution in [0, 0.1) is 34.5 Å². The minimum Gasteiger partial charge on any atom is -0.459 e. The predicted octanol–water partition coefficient (Wildman–Crippen LogP) is 3.96. The Morgan fingerprint density at radius 1 is 0.624 bits per heavy atom. The Morgan fingerprint density at radius 3 is 1.74 bits per heavy atom. The number of benzene rings is 2. The molecule has 34 heteroatoms. The number of carbonyl (C=O) groups excluding carboxylic acids is 12. The highest BCUT2D eigenvalue weighted by Crippen LogP contribution is 2.65. The largest absolute Gasteiger partial charge is 0.459 e. The van der Waals surface area contributed by atoms with Crippen LogP contribution in [-0.4, -0.2) is 272 Å². The van der Waals surface area contributed by atoms with Crippen LogP contribution >= 0.6 is 0 Å². The number of esters is 4. The minimum atomic E-state index is -2.47. The number of hydrogen-bond donors (Lipinski definition) is 9. The van der Waals surface area contributed by atoms with Crippen LogP contribution in [0.1, 0.15) is 175 Å². The van der Waals surface area contributed by atoms with Crippen molar-refractivity contribution in [1.29, 1.82) is 0 Å². The van der Waals surface area contributed by atoms with E-state index >= 15 is 9.59 Å². The molecular formula is C83H126N6O28. The van der Waals surface area contributed by atoms with E-state index in [-0.39, 0.29) is 99.8 Å². The summed E-state index contributed by atoms with van der Waals surface area (Å²) in [5.74, 6) is -12.2. The second-order valence-electron chi connectivity index (χ2n) is 32.1. The molecule has 3 saturated carbocycles. The monoisotopic (exact) mass is 1650 g/mol. The maximum absolute atomic E-state index is 15.5. The summed E-state index contributed by atoms with van der Waals surface area (Å²) < 4.78 is 73.5. The van der Waals surface area contributed by atoms with E-state index in [4.69, 9.17) is 61.6 Å². The van der Waals surface area contributed by atoms with Gasteiger partial charge in [0.05, 0.1) is 102 Å². The van der Waals surface area contributed by atoms with Gasteiger partial charge in [0.1, 0.15) is 60.9 Å². The molecule has 117 heavy (non-hydrogen) atoms. The first kappa shape index (κ1) is 97.7. The Labute approximate surface area is 684 Å². The van der Waals surface area contributed by atoms with Gasteiger partial charge in [-0.2, -0.15) is 0 Å². The fourth-order valence-electron chi connectivity index (χ4n) is 15.7. The lowest BCUT2D eigenvalue weighted by molar-refractivity contribution is -0.355. The standard InChI is InChI=1S/C83H126N6O28/c1-52(74(99)88-58(54(3)90)30-20-24-36-86-75(100)59(87-64(94)33-38-108-44-46-110-42-40-106-12)31-21-23-34-84-63(93)32-37-107-43-45-109-41-39-105-11)25-19-22-35-85-65(95)49-111-50-66(96)114-70(68(56-26-15-13-16-27-56)89-78(103)117-79(5,6)7)77(102)113-60-48-83(104)73(115-76(101)57-28-17-14-18-29-57)71-81(10,72(98)69(97)67(53(60)2)80(83,8)9)61(92)47-62-82(71,51-112-62)116-55(4)91/h13-18,26-29,52-53,58-62,67-71,73,92,97,104H,19-25,30-51H2,1-12H3,(H,84,93)(H,85,95)(H,86,100)(H,87,94)(H,88,99)(H,89,103)/t52?,53?,58?,59?,60?,61-,62+,67-,68-,69+,70+,71-,73-,81+,82-,83+/m1/s1. The van der Waals surface area contributed by atoms with Crippen LogP contribution in [0.25, 0.3) is 0 Å². The van der Waals surface area contributed by atoms with Crippen LogP contribution in [0.15, 0.2) is 60.7 Å². The molecule has 1 aliphatic heterocycles. The van der Waals surface area contributed by atoms with Gasteiger partial charge in [-0.1, -0.05) is 82.6 Å². The molecule has 0 radical (unpaired) electrons. The van der Waals surface area contributed by atoms with Crippen molar-refractivity contribution in [3.63, 3.8) is 0 Å². The molecule has 16 atom stereocenters. The molecule has 6 rings (SSSR count). The van der Waals surface area contributed by atoms with E-state index in [1.807, 2.05) is 0 Å². The van der Waals surface area contributed by atoms with Crippen LogP contribution < -0.4 is 31.9 Å². The van der Waals surface area contributed by atoms with Gasteiger partial charge < -0.3 is 109 Å². The first-order chi connectivity index (χ1) is 55.6. The molecule has 6 amide bonds. The number of hydrogen-bond acceptors (Lipinski definition) is 28. The number of aliphatic hydroxyl groups is 3. The number of nitrogens with one attached hydrogen (secondary N) is 6. The SMILES string of the molecule is COCCOCCOCCC(=O)NCCCCC(NC(=O)CCOCCOCCOC)C(=O)NCCCCC(NC(=O)C(C)CCCCNC(=O)COCC(=O)O[C@H](C(=O)OC1C[C@]2(O)[C@H](OC(=O)c3ccccc3)[C@H]3[C@@]4(OC(C)=O)CO[C@H]4C[C@@H](O)[C@]3(C)C(=O)[C@@H](O)[C@@H](C1C)C2(C)C)[C@H](NC(=O)OC(C)(C)C)c1ccccc1)C(C)=O. The van der Waals surface area contributed by atoms with Crippen LogP contribution in [-0.2, 0) is 110 Å². The molecule has 2 aromatic carbocycles. The molecule has 5 unspecified atom stereocenters. The molecule has 34 nitrogen and oxygen atoms in total. The molecule has 0 spiro atoms. The second kappa shape index (κ2) is 47.6. The number of alkyl carbamates (subject to hydrolysis) is 1. The number of amides is 6. The number of Topliss-reactive ketones (excluding diaryl/α,β-unsaturated/α-hetero) is 2. The number of aliphatic hydroxyl groups excluding tert-OH is 2. The summed E-state index contributed by atoms with van der Waals surface area (Å²) in [5, 5.41) is 55.4. The van der Waals surface area contributed by atoms with Crippen LogP contribution in [0.2, 0.25) is 0 Å². The van der Waals surface area contributed by atoms with Crippen molar-refractivity contribution in [1.82, 2.24) is 31.9 Å². The number of fused-ring (bicyclic) bond motifs is 5. The lowest BCUT2D eigenvalue weighted by atomic mass is 9.42. The van der Waals surface area contributed by atoms with Gasteiger partial charge in [-0.05, 0) is 110 Å². The van der Waals surface area contributed by atoms with Gasteiger partial charge in [-0.25, -0.2) is 19.2 Å². The number of methoxy groups -OCH3 is 2. The summed E-state index contributed by atoms with van der Waals surface area (Å²) in [5.41, 5.74) is -8.95. The van der Waals surface area contributed by atoms with E-state index in [1.54, 1.807) is 99.1 Å². The van der Waals surface area contributed by atoms with Crippen LogP contribution in [0.5, 0.6) is 0 Å². The van der Waals surface area contributed by atoms with Crippen molar-refractivity contribution >= 4 is 71.1 Å². The Hall–Kier alpha value is -8.16. The Morgan fingerprint density at radius 2 is 1.17 bits per heavy atom. The first-order valence-electron chi connectivity index (χ1n) is 40.5. The van der Waals surface area contributed by atoms with E-state index < -0.39 is 173 Å². The molecule has 0 aromatic heterocycles.